The monoisotopic (exact) mass is 261 g/mol. The van der Waals surface area contributed by atoms with Crippen molar-refractivity contribution in [3.63, 3.8) is 0 Å². The van der Waals surface area contributed by atoms with Crippen molar-refractivity contribution in [3.8, 4) is 0 Å². The van der Waals surface area contributed by atoms with E-state index in [1.807, 2.05) is 24.1 Å². The Morgan fingerprint density at radius 3 is 2.39 bits per heavy atom. The van der Waals surface area contributed by atoms with Gasteiger partial charge in [0.05, 0.1) is 0 Å². The van der Waals surface area contributed by atoms with E-state index in [0.29, 0.717) is 4.99 Å². The summed E-state index contributed by atoms with van der Waals surface area (Å²) in [5.41, 5.74) is 7.08. The molecule has 0 saturated heterocycles. The van der Waals surface area contributed by atoms with Crippen molar-refractivity contribution in [3.05, 3.63) is 54.0 Å². The van der Waals surface area contributed by atoms with Gasteiger partial charge in [0.25, 0.3) is 0 Å². The highest BCUT2D eigenvalue weighted by Gasteiger charge is 2.06. The van der Waals surface area contributed by atoms with Crippen LogP contribution in [-0.4, -0.2) is 17.0 Å². The Balaban J connectivity index is 2.25. The average Bonchev–Trinajstić information content (AvgIpc) is 2.39. The largest absolute Gasteiger partial charge is 0.389 e. The van der Waals surface area contributed by atoms with Crippen LogP contribution in [0.3, 0.4) is 0 Å². The first-order chi connectivity index (χ1) is 8.58. The van der Waals surface area contributed by atoms with Gasteiger partial charge < -0.3 is 10.6 Å². The standard InChI is InChI=1S/C13H12FN3S/c1-17(11-5-3-10(14)4-6-11)12-7-2-9(8-16-12)13(15)18/h2-8H,1H3,(H2,15,18). The van der Waals surface area contributed by atoms with Crippen molar-refractivity contribution >= 4 is 28.7 Å². The molecule has 0 amide bonds. The highest BCUT2D eigenvalue weighted by molar-refractivity contribution is 7.80. The number of pyridine rings is 1. The lowest BCUT2D eigenvalue weighted by Gasteiger charge is -2.18. The van der Waals surface area contributed by atoms with E-state index < -0.39 is 0 Å². The lowest BCUT2D eigenvalue weighted by atomic mass is 10.2. The van der Waals surface area contributed by atoms with Gasteiger partial charge in [-0.3, -0.25) is 0 Å². The summed E-state index contributed by atoms with van der Waals surface area (Å²) in [4.78, 5) is 6.43. The highest BCUT2D eigenvalue weighted by Crippen LogP contribution is 2.21. The van der Waals surface area contributed by atoms with Gasteiger partial charge >= 0.3 is 0 Å². The summed E-state index contributed by atoms with van der Waals surface area (Å²) in [5, 5.41) is 0. The molecule has 0 unspecified atom stereocenters. The summed E-state index contributed by atoms with van der Waals surface area (Å²) in [7, 11) is 1.86. The number of benzene rings is 1. The molecule has 0 aliphatic rings. The molecular weight excluding hydrogens is 249 g/mol. The third kappa shape index (κ3) is 2.62. The molecule has 1 aromatic carbocycles. The van der Waals surface area contributed by atoms with E-state index in [9.17, 15) is 4.39 Å². The number of hydrogen-bond donors (Lipinski definition) is 1. The topological polar surface area (TPSA) is 42.1 Å². The molecule has 3 nitrogen and oxygen atoms in total. The number of halogens is 1. The Kier molecular flexibility index (Phi) is 3.53. The lowest BCUT2D eigenvalue weighted by Crippen LogP contribution is -2.13. The summed E-state index contributed by atoms with van der Waals surface area (Å²) in [5.74, 6) is 0.477. The van der Waals surface area contributed by atoms with Gasteiger partial charge in [0.1, 0.15) is 16.6 Å². The van der Waals surface area contributed by atoms with Crippen LogP contribution in [0.1, 0.15) is 5.56 Å². The van der Waals surface area contributed by atoms with E-state index in [1.54, 1.807) is 18.3 Å². The van der Waals surface area contributed by atoms with E-state index in [1.165, 1.54) is 12.1 Å². The van der Waals surface area contributed by atoms with Gasteiger partial charge in [0.15, 0.2) is 0 Å². The van der Waals surface area contributed by atoms with Gasteiger partial charge in [0.2, 0.25) is 0 Å². The smallest absolute Gasteiger partial charge is 0.132 e. The van der Waals surface area contributed by atoms with Crippen molar-refractivity contribution in [2.45, 2.75) is 0 Å². The van der Waals surface area contributed by atoms with Crippen LogP contribution < -0.4 is 10.6 Å². The van der Waals surface area contributed by atoms with E-state index in [4.69, 9.17) is 18.0 Å². The maximum absolute atomic E-state index is 12.8. The number of aromatic nitrogens is 1. The van der Waals surface area contributed by atoms with E-state index in [2.05, 4.69) is 4.98 Å². The first-order valence-electron chi connectivity index (χ1n) is 5.33. The minimum atomic E-state index is -0.260. The molecule has 5 heteroatoms. The number of thiocarbonyl (C=S) groups is 1. The fourth-order valence-electron chi connectivity index (χ4n) is 1.53. The first-order valence-corrected chi connectivity index (χ1v) is 5.74. The molecule has 0 fully saturated rings. The maximum atomic E-state index is 12.8. The summed E-state index contributed by atoms with van der Waals surface area (Å²) in [6.45, 7) is 0. The number of anilines is 2. The van der Waals surface area contributed by atoms with Crippen molar-refractivity contribution in [1.82, 2.24) is 4.98 Å². The van der Waals surface area contributed by atoms with Crippen LogP contribution >= 0.6 is 12.2 Å². The van der Waals surface area contributed by atoms with Crippen molar-refractivity contribution in [2.24, 2.45) is 5.73 Å². The zero-order valence-electron chi connectivity index (χ0n) is 9.80. The third-order valence-corrected chi connectivity index (χ3v) is 2.83. The normalized spacial score (nSPS) is 10.1. The second-order valence-electron chi connectivity index (χ2n) is 3.80. The zero-order chi connectivity index (χ0) is 13.1. The minimum absolute atomic E-state index is 0.260. The molecule has 0 aliphatic carbocycles. The lowest BCUT2D eigenvalue weighted by molar-refractivity contribution is 0.628. The van der Waals surface area contributed by atoms with Gasteiger partial charge in [-0.15, -0.1) is 0 Å². The number of rotatable bonds is 3. The second-order valence-corrected chi connectivity index (χ2v) is 4.24. The van der Waals surface area contributed by atoms with Crippen LogP contribution in [0.5, 0.6) is 0 Å². The predicted octanol–water partition coefficient (Wildman–Crippen LogP) is 2.62. The average molecular weight is 261 g/mol. The molecule has 92 valence electrons. The molecule has 0 aliphatic heterocycles. The van der Waals surface area contributed by atoms with Gasteiger partial charge in [-0.25, -0.2) is 9.37 Å². The molecule has 2 aromatic rings. The quantitative estimate of drug-likeness (QED) is 0.862. The van der Waals surface area contributed by atoms with Crippen LogP contribution in [0.15, 0.2) is 42.6 Å². The molecule has 0 saturated carbocycles. The number of nitrogens with two attached hydrogens (primary N) is 1. The molecule has 18 heavy (non-hydrogen) atoms. The summed E-state index contributed by atoms with van der Waals surface area (Å²) in [6, 6.07) is 9.84. The molecule has 2 N–H and O–H groups in total. The summed E-state index contributed by atoms with van der Waals surface area (Å²) in [6.07, 6.45) is 1.62. The zero-order valence-corrected chi connectivity index (χ0v) is 10.6. The van der Waals surface area contributed by atoms with Crippen LogP contribution in [0.2, 0.25) is 0 Å². The molecule has 1 heterocycles. The number of nitrogens with zero attached hydrogens (tertiary/aromatic N) is 2. The van der Waals surface area contributed by atoms with Crippen LogP contribution in [0.25, 0.3) is 0 Å². The summed E-state index contributed by atoms with van der Waals surface area (Å²) >= 11 is 4.86. The highest BCUT2D eigenvalue weighted by atomic mass is 32.1. The van der Waals surface area contributed by atoms with Gasteiger partial charge in [-0.05, 0) is 36.4 Å². The van der Waals surface area contributed by atoms with Crippen molar-refractivity contribution < 1.29 is 4.39 Å². The van der Waals surface area contributed by atoms with Crippen molar-refractivity contribution in [2.75, 3.05) is 11.9 Å². The maximum Gasteiger partial charge on any atom is 0.132 e. The Hall–Kier alpha value is -2.01. The van der Waals surface area contributed by atoms with E-state index >= 15 is 0 Å². The van der Waals surface area contributed by atoms with Crippen molar-refractivity contribution in [1.29, 1.82) is 0 Å². The second kappa shape index (κ2) is 5.10. The minimum Gasteiger partial charge on any atom is -0.389 e. The first kappa shape index (κ1) is 12.4. The predicted molar refractivity (Wildman–Crippen MR) is 74.6 cm³/mol. The van der Waals surface area contributed by atoms with E-state index in [-0.39, 0.29) is 5.82 Å². The van der Waals surface area contributed by atoms with Crippen LogP contribution in [0.4, 0.5) is 15.9 Å². The molecule has 0 radical (unpaired) electrons. The Bertz CT molecular complexity index is 551. The fourth-order valence-corrected chi connectivity index (χ4v) is 1.65. The van der Waals surface area contributed by atoms with Crippen LogP contribution in [-0.2, 0) is 0 Å². The number of hydrogen-bond acceptors (Lipinski definition) is 3. The molecular formula is C13H12FN3S. The third-order valence-electron chi connectivity index (χ3n) is 2.59. The fraction of sp³-hybridized carbons (Fsp3) is 0.0769. The molecule has 2 rings (SSSR count). The SMILES string of the molecule is CN(c1ccc(F)cc1)c1ccc(C(N)=S)cn1. The van der Waals surface area contributed by atoms with Gasteiger partial charge in [0, 0.05) is 24.5 Å². The van der Waals surface area contributed by atoms with E-state index in [0.717, 1.165) is 17.1 Å². The molecule has 0 bridgehead atoms. The van der Waals surface area contributed by atoms with Crippen LogP contribution in [0, 0.1) is 5.82 Å². The summed E-state index contributed by atoms with van der Waals surface area (Å²) < 4.78 is 12.8. The Morgan fingerprint density at radius 2 is 1.89 bits per heavy atom. The van der Waals surface area contributed by atoms with Gasteiger partial charge in [-0.1, -0.05) is 12.2 Å². The molecule has 0 spiro atoms. The molecule has 0 atom stereocenters. The Morgan fingerprint density at radius 1 is 1.22 bits per heavy atom. The Labute approximate surface area is 110 Å². The van der Waals surface area contributed by atoms with Gasteiger partial charge in [-0.2, -0.15) is 0 Å². The molecule has 1 aromatic heterocycles.